The first-order chi connectivity index (χ1) is 11.6. The molecule has 24 heavy (non-hydrogen) atoms. The van der Waals surface area contributed by atoms with Crippen LogP contribution < -0.4 is 0 Å². The number of aryl methyl sites for hydroxylation is 1. The zero-order valence-electron chi connectivity index (χ0n) is 13.9. The van der Waals surface area contributed by atoms with Crippen molar-refractivity contribution in [1.29, 1.82) is 0 Å². The maximum atomic E-state index is 13.1. The number of rotatable bonds is 6. The van der Waals surface area contributed by atoms with Crippen LogP contribution in [-0.4, -0.2) is 34.2 Å². The van der Waals surface area contributed by atoms with Gasteiger partial charge in [0, 0.05) is 31.9 Å². The molecule has 0 spiro atoms. The second kappa shape index (κ2) is 7.73. The van der Waals surface area contributed by atoms with Crippen molar-refractivity contribution in [3.63, 3.8) is 0 Å². The third-order valence-electron chi connectivity index (χ3n) is 4.27. The number of hydrogen-bond acceptors (Lipinski definition) is 4. The molecule has 0 aliphatic carbocycles. The van der Waals surface area contributed by atoms with Gasteiger partial charge in [-0.05, 0) is 49.6 Å². The zero-order chi connectivity index (χ0) is 16.9. The molecule has 0 radical (unpaired) electrons. The van der Waals surface area contributed by atoms with Crippen LogP contribution in [0.1, 0.15) is 29.8 Å². The molecule has 1 saturated heterocycles. The molecule has 0 saturated carbocycles. The Labute approximate surface area is 141 Å². The van der Waals surface area contributed by atoms with Crippen LogP contribution in [0.5, 0.6) is 5.75 Å². The second-order valence-corrected chi connectivity index (χ2v) is 6.35. The maximum Gasteiger partial charge on any atom is 0.138 e. The SMILES string of the molecule is Cc1ccc(O)c(CN(Cc2ccc(F)cc2)CC2CCCO2)n1. The number of aromatic hydroxyl groups is 1. The van der Waals surface area contributed by atoms with Gasteiger partial charge in [0.05, 0.1) is 11.8 Å². The molecule has 2 aromatic rings. The average Bonchev–Trinajstić information content (AvgIpc) is 3.06. The summed E-state index contributed by atoms with van der Waals surface area (Å²) in [5.74, 6) is -0.0283. The third-order valence-corrected chi connectivity index (χ3v) is 4.27. The van der Waals surface area contributed by atoms with Gasteiger partial charge in [0.25, 0.3) is 0 Å². The summed E-state index contributed by atoms with van der Waals surface area (Å²) in [7, 11) is 0. The minimum absolute atomic E-state index is 0.206. The predicted octanol–water partition coefficient (Wildman–Crippen LogP) is 3.42. The van der Waals surface area contributed by atoms with Crippen molar-refractivity contribution in [2.24, 2.45) is 0 Å². The zero-order valence-corrected chi connectivity index (χ0v) is 13.9. The van der Waals surface area contributed by atoms with Gasteiger partial charge >= 0.3 is 0 Å². The molecule has 1 N–H and O–H groups in total. The summed E-state index contributed by atoms with van der Waals surface area (Å²) in [6.45, 7) is 4.68. The van der Waals surface area contributed by atoms with Crippen LogP contribution in [0.2, 0.25) is 0 Å². The van der Waals surface area contributed by atoms with Gasteiger partial charge in [0.1, 0.15) is 11.6 Å². The lowest BCUT2D eigenvalue weighted by atomic mass is 10.1. The molecule has 2 heterocycles. The normalized spacial score (nSPS) is 17.5. The van der Waals surface area contributed by atoms with Crippen molar-refractivity contribution in [3.8, 4) is 5.75 Å². The molecule has 1 aliphatic rings. The Morgan fingerprint density at radius 3 is 2.71 bits per heavy atom. The van der Waals surface area contributed by atoms with E-state index in [0.717, 1.165) is 37.3 Å². The van der Waals surface area contributed by atoms with Crippen molar-refractivity contribution in [2.45, 2.75) is 39.0 Å². The van der Waals surface area contributed by atoms with E-state index >= 15 is 0 Å². The smallest absolute Gasteiger partial charge is 0.138 e. The Balaban J connectivity index is 1.75. The van der Waals surface area contributed by atoms with Crippen LogP contribution in [0.25, 0.3) is 0 Å². The van der Waals surface area contributed by atoms with Gasteiger partial charge in [0.15, 0.2) is 0 Å². The molecule has 1 unspecified atom stereocenters. The van der Waals surface area contributed by atoms with Crippen molar-refractivity contribution in [1.82, 2.24) is 9.88 Å². The summed E-state index contributed by atoms with van der Waals surface area (Å²) in [6.07, 6.45) is 2.34. The number of hydrogen-bond donors (Lipinski definition) is 1. The summed E-state index contributed by atoms with van der Waals surface area (Å²) in [5, 5.41) is 10.1. The minimum atomic E-state index is -0.234. The molecule has 0 bridgehead atoms. The Hall–Kier alpha value is -1.98. The van der Waals surface area contributed by atoms with Crippen LogP contribution in [0.15, 0.2) is 36.4 Å². The standard InChI is InChI=1S/C19H23FN2O2/c1-14-4-9-19(23)18(21-14)13-22(12-17-3-2-10-24-17)11-15-5-7-16(20)8-6-15/h4-9,17,23H,2-3,10-13H2,1H3. The number of benzene rings is 1. The van der Waals surface area contributed by atoms with Crippen LogP contribution in [0, 0.1) is 12.7 Å². The van der Waals surface area contributed by atoms with Crippen molar-refractivity contribution < 1.29 is 14.2 Å². The Bertz CT molecular complexity index is 670. The first-order valence-corrected chi connectivity index (χ1v) is 8.34. The number of pyridine rings is 1. The molecule has 1 aromatic carbocycles. The highest BCUT2D eigenvalue weighted by Crippen LogP contribution is 2.21. The number of halogens is 1. The highest BCUT2D eigenvalue weighted by Gasteiger charge is 2.21. The van der Waals surface area contributed by atoms with E-state index < -0.39 is 0 Å². The topological polar surface area (TPSA) is 45.6 Å². The fourth-order valence-electron chi connectivity index (χ4n) is 3.04. The molecule has 3 rings (SSSR count). The van der Waals surface area contributed by atoms with Gasteiger partial charge in [-0.1, -0.05) is 12.1 Å². The molecular weight excluding hydrogens is 307 g/mol. The van der Waals surface area contributed by atoms with E-state index in [1.807, 2.05) is 6.92 Å². The Morgan fingerprint density at radius 2 is 2.00 bits per heavy atom. The van der Waals surface area contributed by atoms with Gasteiger partial charge in [-0.15, -0.1) is 0 Å². The lowest BCUT2D eigenvalue weighted by Gasteiger charge is -2.25. The molecule has 0 amide bonds. The molecule has 1 fully saturated rings. The fourth-order valence-corrected chi connectivity index (χ4v) is 3.04. The van der Waals surface area contributed by atoms with Crippen molar-refractivity contribution in [2.75, 3.05) is 13.2 Å². The summed E-state index contributed by atoms with van der Waals surface area (Å²) in [6, 6.07) is 10.0. The van der Waals surface area contributed by atoms with Crippen molar-refractivity contribution >= 4 is 0 Å². The lowest BCUT2D eigenvalue weighted by molar-refractivity contribution is 0.0671. The minimum Gasteiger partial charge on any atom is -0.506 e. The van der Waals surface area contributed by atoms with Crippen LogP contribution in [0.4, 0.5) is 4.39 Å². The fraction of sp³-hybridized carbons (Fsp3) is 0.421. The van der Waals surface area contributed by atoms with E-state index in [1.54, 1.807) is 24.3 Å². The van der Waals surface area contributed by atoms with Gasteiger partial charge in [-0.2, -0.15) is 0 Å². The highest BCUT2D eigenvalue weighted by molar-refractivity contribution is 5.27. The van der Waals surface area contributed by atoms with Crippen LogP contribution in [0.3, 0.4) is 0 Å². The first kappa shape index (κ1) is 16.9. The van der Waals surface area contributed by atoms with E-state index in [-0.39, 0.29) is 17.7 Å². The predicted molar refractivity (Wildman–Crippen MR) is 90.1 cm³/mol. The largest absolute Gasteiger partial charge is 0.506 e. The molecule has 128 valence electrons. The summed E-state index contributed by atoms with van der Waals surface area (Å²) >= 11 is 0. The number of nitrogens with zero attached hydrogens (tertiary/aromatic N) is 2. The molecule has 4 nitrogen and oxygen atoms in total. The third kappa shape index (κ3) is 4.52. The number of ether oxygens (including phenoxy) is 1. The molecule has 5 heteroatoms. The van der Waals surface area contributed by atoms with Gasteiger partial charge in [-0.25, -0.2) is 4.39 Å². The van der Waals surface area contributed by atoms with Gasteiger partial charge < -0.3 is 9.84 Å². The monoisotopic (exact) mass is 330 g/mol. The van der Waals surface area contributed by atoms with Crippen LogP contribution >= 0.6 is 0 Å². The van der Waals surface area contributed by atoms with E-state index in [0.29, 0.717) is 18.8 Å². The quantitative estimate of drug-likeness (QED) is 0.881. The van der Waals surface area contributed by atoms with E-state index in [9.17, 15) is 9.50 Å². The molecular formula is C19H23FN2O2. The summed E-state index contributed by atoms with van der Waals surface area (Å²) in [5.41, 5.74) is 2.57. The maximum absolute atomic E-state index is 13.1. The molecule has 1 aliphatic heterocycles. The second-order valence-electron chi connectivity index (χ2n) is 6.35. The van der Waals surface area contributed by atoms with E-state index in [1.165, 1.54) is 12.1 Å². The van der Waals surface area contributed by atoms with Gasteiger partial charge in [0.2, 0.25) is 0 Å². The molecule has 1 atom stereocenters. The molecule has 1 aromatic heterocycles. The summed E-state index contributed by atoms with van der Waals surface area (Å²) < 4.78 is 18.9. The number of aromatic nitrogens is 1. The van der Waals surface area contributed by atoms with Crippen molar-refractivity contribution in [3.05, 3.63) is 59.2 Å². The Morgan fingerprint density at radius 1 is 1.21 bits per heavy atom. The Kier molecular flexibility index (Phi) is 5.43. The highest BCUT2D eigenvalue weighted by atomic mass is 19.1. The lowest BCUT2D eigenvalue weighted by Crippen LogP contribution is -2.31. The van der Waals surface area contributed by atoms with E-state index in [2.05, 4.69) is 9.88 Å². The first-order valence-electron chi connectivity index (χ1n) is 8.34. The van der Waals surface area contributed by atoms with Crippen LogP contribution in [-0.2, 0) is 17.8 Å². The van der Waals surface area contributed by atoms with E-state index in [4.69, 9.17) is 4.74 Å². The average molecular weight is 330 g/mol. The summed E-state index contributed by atoms with van der Waals surface area (Å²) in [4.78, 5) is 6.65. The van der Waals surface area contributed by atoms with Gasteiger partial charge in [-0.3, -0.25) is 9.88 Å².